The van der Waals surface area contributed by atoms with E-state index in [2.05, 4.69) is 77.8 Å². The lowest BCUT2D eigenvalue weighted by Gasteiger charge is -2.17. The first-order chi connectivity index (χ1) is 14.6. The van der Waals surface area contributed by atoms with Crippen molar-refractivity contribution in [3.05, 3.63) is 70.9 Å². The number of rotatable bonds is 2. The molecule has 0 radical (unpaired) electrons. The summed E-state index contributed by atoms with van der Waals surface area (Å²) >= 11 is 1.82. The van der Waals surface area contributed by atoms with Crippen molar-refractivity contribution in [2.75, 3.05) is 0 Å². The molecule has 0 spiro atoms. The van der Waals surface area contributed by atoms with E-state index < -0.39 is 0 Å². The topological polar surface area (TPSA) is 34.6 Å². The third-order valence-electron chi connectivity index (χ3n) is 6.42. The molecule has 1 aliphatic rings. The highest BCUT2D eigenvalue weighted by molar-refractivity contribution is 7.17. The molecule has 0 unspecified atom stereocenters. The van der Waals surface area contributed by atoms with Gasteiger partial charge in [-0.15, -0.1) is 11.3 Å². The van der Waals surface area contributed by atoms with Gasteiger partial charge in [-0.1, -0.05) is 38.1 Å². The van der Waals surface area contributed by atoms with E-state index in [0.29, 0.717) is 5.92 Å². The Labute approximate surface area is 179 Å². The van der Waals surface area contributed by atoms with Gasteiger partial charge in [-0.3, -0.25) is 0 Å². The molecule has 0 saturated heterocycles. The molecule has 30 heavy (non-hydrogen) atoms. The first-order valence-corrected chi connectivity index (χ1v) is 11.3. The summed E-state index contributed by atoms with van der Waals surface area (Å²) in [4.78, 5) is 9.46. The van der Waals surface area contributed by atoms with Gasteiger partial charge in [0.15, 0.2) is 5.69 Å². The summed E-state index contributed by atoms with van der Waals surface area (Å²) in [6.07, 6.45) is 6.84. The van der Waals surface area contributed by atoms with Crippen molar-refractivity contribution in [2.24, 2.45) is 7.05 Å². The van der Waals surface area contributed by atoms with Crippen LogP contribution in [0.25, 0.3) is 37.9 Å². The number of hydrogen-bond acceptors (Lipinski definition) is 3. The summed E-state index contributed by atoms with van der Waals surface area (Å²) < 4.78 is 5.74. The second kappa shape index (κ2) is 6.22. The number of imidazole rings is 1. The van der Waals surface area contributed by atoms with Crippen molar-refractivity contribution in [1.29, 1.82) is 0 Å². The minimum atomic E-state index is 0.459. The van der Waals surface area contributed by atoms with Gasteiger partial charge in [0.25, 0.3) is 6.33 Å². The Hall–Kier alpha value is -3.05. The molecule has 2 aromatic carbocycles. The largest absolute Gasteiger partial charge is 0.303 e. The van der Waals surface area contributed by atoms with E-state index in [1.54, 1.807) is 0 Å². The van der Waals surface area contributed by atoms with Crippen LogP contribution in [-0.2, 0) is 13.5 Å². The van der Waals surface area contributed by atoms with Crippen LogP contribution in [0.2, 0.25) is 0 Å². The van der Waals surface area contributed by atoms with Gasteiger partial charge in [0.2, 0.25) is 5.52 Å². The third kappa shape index (κ3) is 2.24. The predicted molar refractivity (Wildman–Crippen MR) is 122 cm³/mol. The van der Waals surface area contributed by atoms with Crippen LogP contribution in [0.5, 0.6) is 0 Å². The van der Waals surface area contributed by atoms with Crippen molar-refractivity contribution < 1.29 is 4.57 Å². The van der Waals surface area contributed by atoms with Crippen LogP contribution in [0.1, 0.15) is 42.3 Å². The van der Waals surface area contributed by atoms with E-state index in [9.17, 15) is 0 Å². The van der Waals surface area contributed by atoms with Crippen molar-refractivity contribution in [3.8, 4) is 16.9 Å². The van der Waals surface area contributed by atoms with E-state index >= 15 is 0 Å². The quantitative estimate of drug-likeness (QED) is 0.355. The third-order valence-corrected chi connectivity index (χ3v) is 7.42. The zero-order valence-electron chi connectivity index (χ0n) is 17.6. The fourth-order valence-corrected chi connectivity index (χ4v) is 6.25. The van der Waals surface area contributed by atoms with Gasteiger partial charge >= 0.3 is 0 Å². The average Bonchev–Trinajstić information content (AvgIpc) is 3.43. The van der Waals surface area contributed by atoms with Gasteiger partial charge in [0, 0.05) is 35.3 Å². The highest BCUT2D eigenvalue weighted by Crippen LogP contribution is 2.45. The first kappa shape index (κ1) is 17.8. The molecule has 0 fully saturated rings. The van der Waals surface area contributed by atoms with Gasteiger partial charge in [0.1, 0.15) is 10.5 Å². The summed E-state index contributed by atoms with van der Waals surface area (Å²) in [7, 11) is 2.12. The lowest BCUT2D eigenvalue weighted by atomic mass is 9.90. The summed E-state index contributed by atoms with van der Waals surface area (Å²) in [5.74, 6) is 1.57. The molecule has 0 N–H and O–H groups in total. The molecule has 0 atom stereocenters. The minimum Gasteiger partial charge on any atom is -0.303 e. The normalized spacial score (nSPS) is 12.8. The average molecular weight is 412 g/mol. The predicted octanol–water partition coefficient (Wildman–Crippen LogP) is 5.46. The van der Waals surface area contributed by atoms with Gasteiger partial charge in [-0.05, 0) is 39.7 Å². The summed E-state index contributed by atoms with van der Waals surface area (Å²) in [6, 6.07) is 8.76. The van der Waals surface area contributed by atoms with Crippen LogP contribution in [0.3, 0.4) is 0 Å². The maximum Gasteiger partial charge on any atom is 0.287 e. The standard InChI is InChI=1S/C25H23N4S/c1-14(2)19-12-30-25-22(19)27-13-28(4)24(25)21-15(3)16-7-5-6-8-17(16)23-18(21)11-20-26-9-10-29(20)23/h5-10,12-14H,11H2,1-4H3/q+1. The van der Waals surface area contributed by atoms with Crippen LogP contribution in [0, 0.1) is 6.92 Å². The lowest BCUT2D eigenvalue weighted by Crippen LogP contribution is -2.32. The summed E-state index contributed by atoms with van der Waals surface area (Å²) in [6.45, 7) is 6.75. The van der Waals surface area contributed by atoms with E-state index in [4.69, 9.17) is 4.98 Å². The van der Waals surface area contributed by atoms with Crippen molar-refractivity contribution in [1.82, 2.24) is 14.5 Å². The first-order valence-electron chi connectivity index (χ1n) is 10.4. The number of thiophene rings is 1. The summed E-state index contributed by atoms with van der Waals surface area (Å²) in [5.41, 5.74) is 9.06. The second-order valence-electron chi connectivity index (χ2n) is 8.49. The Kier molecular flexibility index (Phi) is 3.69. The molecule has 0 bridgehead atoms. The van der Waals surface area contributed by atoms with Crippen molar-refractivity contribution >= 4 is 32.3 Å². The van der Waals surface area contributed by atoms with Crippen molar-refractivity contribution in [2.45, 2.75) is 33.1 Å². The molecule has 0 saturated carbocycles. The van der Waals surface area contributed by atoms with Crippen LogP contribution < -0.4 is 4.57 Å². The fraction of sp³-hybridized carbons (Fsp3) is 0.240. The summed E-state index contributed by atoms with van der Waals surface area (Å²) in [5, 5.41) is 4.89. The Morgan fingerprint density at radius 2 is 1.93 bits per heavy atom. The minimum absolute atomic E-state index is 0.459. The molecule has 0 aliphatic carbocycles. The number of benzene rings is 2. The van der Waals surface area contributed by atoms with Crippen molar-refractivity contribution in [3.63, 3.8) is 0 Å². The van der Waals surface area contributed by atoms with Gasteiger partial charge in [-0.2, -0.15) is 0 Å². The van der Waals surface area contributed by atoms with E-state index in [1.165, 1.54) is 49.1 Å². The fourth-order valence-electron chi connectivity index (χ4n) is 4.98. The van der Waals surface area contributed by atoms with Gasteiger partial charge < -0.3 is 4.57 Å². The monoisotopic (exact) mass is 411 g/mol. The smallest absolute Gasteiger partial charge is 0.287 e. The Morgan fingerprint density at radius 3 is 2.73 bits per heavy atom. The van der Waals surface area contributed by atoms with E-state index in [0.717, 1.165) is 17.8 Å². The maximum absolute atomic E-state index is 4.82. The Bertz CT molecular complexity index is 1470. The Morgan fingerprint density at radius 1 is 1.13 bits per heavy atom. The van der Waals surface area contributed by atoms with Gasteiger partial charge in [0.05, 0.1) is 12.7 Å². The molecular weight excluding hydrogens is 388 g/mol. The Balaban J connectivity index is 1.79. The molecule has 148 valence electrons. The molecule has 3 aromatic heterocycles. The molecular formula is C25H23N4S+. The number of aryl methyl sites for hydroxylation is 2. The second-order valence-corrected chi connectivity index (χ2v) is 9.37. The van der Waals surface area contributed by atoms with Crippen LogP contribution in [0.15, 0.2) is 48.4 Å². The van der Waals surface area contributed by atoms with E-state index in [-0.39, 0.29) is 0 Å². The molecule has 5 heteroatoms. The zero-order valence-corrected chi connectivity index (χ0v) is 18.4. The highest BCUT2D eigenvalue weighted by Gasteiger charge is 2.31. The van der Waals surface area contributed by atoms with Crippen LogP contribution in [-0.4, -0.2) is 14.5 Å². The molecule has 6 rings (SSSR count). The lowest BCUT2D eigenvalue weighted by molar-refractivity contribution is -0.662. The zero-order chi connectivity index (χ0) is 20.6. The molecule has 4 heterocycles. The SMILES string of the molecule is Cc1c(-c2c3scc(C(C)C)c3nc[n+]2C)c2c(c3ccccc13)-n1ccnc1C2. The molecule has 4 nitrogen and oxygen atoms in total. The van der Waals surface area contributed by atoms with E-state index in [1.807, 2.05) is 23.9 Å². The number of fused-ring (bicyclic) bond motifs is 6. The van der Waals surface area contributed by atoms with Gasteiger partial charge in [-0.25, -0.2) is 9.55 Å². The molecule has 0 amide bonds. The maximum atomic E-state index is 4.82. The number of hydrogen-bond donors (Lipinski definition) is 0. The van der Waals surface area contributed by atoms with Crippen LogP contribution in [0.4, 0.5) is 0 Å². The number of nitrogens with zero attached hydrogens (tertiary/aromatic N) is 4. The highest BCUT2D eigenvalue weighted by atomic mass is 32.1. The molecule has 5 aromatic rings. The van der Waals surface area contributed by atoms with Crippen LogP contribution >= 0.6 is 11.3 Å². The number of aromatic nitrogens is 4. The molecule has 1 aliphatic heterocycles.